The summed E-state index contributed by atoms with van der Waals surface area (Å²) in [5, 5.41) is 4.33. The van der Waals surface area contributed by atoms with Crippen LogP contribution < -0.4 is 14.9 Å². The first-order valence-corrected chi connectivity index (χ1v) is 10.1. The summed E-state index contributed by atoms with van der Waals surface area (Å²) in [6, 6.07) is 13.2. The number of hydrogen-bond donors (Lipinski definition) is 1. The Kier molecular flexibility index (Phi) is 7.82. The predicted molar refractivity (Wildman–Crippen MR) is 116 cm³/mol. The summed E-state index contributed by atoms with van der Waals surface area (Å²) in [5.74, 6) is 1.04. The Morgan fingerprint density at radius 1 is 1.03 bits per heavy atom. The zero-order valence-corrected chi connectivity index (χ0v) is 17.8. The number of nitrogens with zero attached hydrogens (tertiary/aromatic N) is 2. The van der Waals surface area contributed by atoms with E-state index in [9.17, 15) is 4.79 Å². The van der Waals surface area contributed by atoms with Crippen LogP contribution in [0.2, 0.25) is 0 Å². The molecule has 0 atom stereocenters. The molecule has 1 aliphatic heterocycles. The molecular weight excluding hydrogens is 382 g/mol. The second kappa shape index (κ2) is 10.8. The van der Waals surface area contributed by atoms with Crippen LogP contribution in [0, 0.1) is 0 Å². The molecule has 1 heterocycles. The van der Waals surface area contributed by atoms with E-state index < -0.39 is 0 Å². The van der Waals surface area contributed by atoms with Crippen LogP contribution in [0.5, 0.6) is 11.5 Å². The molecule has 0 saturated carbocycles. The van der Waals surface area contributed by atoms with Crippen molar-refractivity contribution in [3.63, 3.8) is 0 Å². The van der Waals surface area contributed by atoms with Gasteiger partial charge in [-0.15, -0.1) is 0 Å². The van der Waals surface area contributed by atoms with E-state index >= 15 is 0 Å². The maximum atomic E-state index is 12.5. The molecule has 2 aromatic rings. The van der Waals surface area contributed by atoms with Crippen LogP contribution >= 0.6 is 0 Å². The van der Waals surface area contributed by atoms with E-state index in [0.29, 0.717) is 23.5 Å². The lowest BCUT2D eigenvalue weighted by molar-refractivity contribution is 0.0342. The van der Waals surface area contributed by atoms with Gasteiger partial charge in [0.2, 0.25) is 0 Å². The van der Waals surface area contributed by atoms with Crippen molar-refractivity contribution in [2.24, 2.45) is 5.10 Å². The average molecular weight is 412 g/mol. The third kappa shape index (κ3) is 5.58. The fourth-order valence-corrected chi connectivity index (χ4v) is 3.33. The number of benzene rings is 2. The minimum Gasteiger partial charge on any atom is -0.493 e. The van der Waals surface area contributed by atoms with E-state index in [2.05, 4.69) is 15.4 Å². The lowest BCUT2D eigenvalue weighted by atomic mass is 10.1. The smallest absolute Gasteiger partial charge is 0.271 e. The first-order chi connectivity index (χ1) is 14.6. The molecule has 7 nitrogen and oxygen atoms in total. The molecule has 1 saturated heterocycles. The average Bonchev–Trinajstić information content (AvgIpc) is 2.80. The third-order valence-corrected chi connectivity index (χ3v) is 5.07. The van der Waals surface area contributed by atoms with Gasteiger partial charge in [-0.2, -0.15) is 5.10 Å². The van der Waals surface area contributed by atoms with Crippen molar-refractivity contribution in [2.45, 2.75) is 19.9 Å². The van der Waals surface area contributed by atoms with Crippen LogP contribution in [0.4, 0.5) is 0 Å². The first kappa shape index (κ1) is 21.8. The van der Waals surface area contributed by atoms with Gasteiger partial charge in [0.05, 0.1) is 33.1 Å². The van der Waals surface area contributed by atoms with Gasteiger partial charge in [-0.25, -0.2) is 5.43 Å². The van der Waals surface area contributed by atoms with E-state index in [0.717, 1.165) is 44.1 Å². The minimum atomic E-state index is -0.237. The summed E-state index contributed by atoms with van der Waals surface area (Å²) in [6.45, 7) is 6.28. The molecule has 160 valence electrons. The van der Waals surface area contributed by atoms with E-state index in [1.807, 2.05) is 49.4 Å². The maximum Gasteiger partial charge on any atom is 0.271 e. The number of ether oxygens (including phenoxy) is 3. The predicted octanol–water partition coefficient (Wildman–Crippen LogP) is 3.08. The summed E-state index contributed by atoms with van der Waals surface area (Å²) in [4.78, 5) is 14.9. The van der Waals surface area contributed by atoms with E-state index in [1.54, 1.807) is 14.2 Å². The molecular formula is C23H29N3O4. The van der Waals surface area contributed by atoms with Crippen molar-refractivity contribution in [3.8, 4) is 11.5 Å². The molecule has 7 heteroatoms. The monoisotopic (exact) mass is 411 g/mol. The van der Waals surface area contributed by atoms with Crippen LogP contribution in [0.1, 0.15) is 34.8 Å². The normalized spacial score (nSPS) is 15.0. The number of hydrazone groups is 1. The van der Waals surface area contributed by atoms with E-state index in [4.69, 9.17) is 14.2 Å². The SMILES string of the molecule is CCC(=NNC(=O)c1ccc(CN2CCOCC2)cc1)c1ccc(OC)c(OC)c1. The van der Waals surface area contributed by atoms with Gasteiger partial charge in [0.1, 0.15) is 0 Å². The Morgan fingerprint density at radius 2 is 1.70 bits per heavy atom. The van der Waals surface area contributed by atoms with Crippen molar-refractivity contribution < 1.29 is 19.0 Å². The molecule has 2 aromatic carbocycles. The molecule has 1 aliphatic rings. The first-order valence-electron chi connectivity index (χ1n) is 10.1. The van der Waals surface area contributed by atoms with E-state index in [1.165, 1.54) is 5.56 Å². The summed E-state index contributed by atoms with van der Waals surface area (Å²) in [5.41, 5.74) is 6.05. The Hall–Kier alpha value is -2.90. The molecule has 30 heavy (non-hydrogen) atoms. The van der Waals surface area contributed by atoms with Gasteiger partial charge in [0.15, 0.2) is 11.5 Å². The number of carbonyl (C=O) groups excluding carboxylic acids is 1. The molecule has 1 fully saturated rings. The lowest BCUT2D eigenvalue weighted by Gasteiger charge is -2.26. The Labute approximate surface area is 177 Å². The second-order valence-corrected chi connectivity index (χ2v) is 7.01. The number of nitrogens with one attached hydrogen (secondary N) is 1. The number of carbonyl (C=O) groups is 1. The molecule has 0 aromatic heterocycles. The molecule has 1 N–H and O–H groups in total. The van der Waals surface area contributed by atoms with Crippen LogP contribution in [-0.4, -0.2) is 57.0 Å². The standard InChI is InChI=1S/C23H29N3O4/c1-4-20(19-9-10-21(28-2)22(15-19)29-3)24-25-23(27)18-7-5-17(6-8-18)16-26-11-13-30-14-12-26/h5-10,15H,4,11-14,16H2,1-3H3,(H,25,27). The van der Waals surface area contributed by atoms with Crippen molar-refractivity contribution in [2.75, 3.05) is 40.5 Å². The van der Waals surface area contributed by atoms with Gasteiger partial charge in [-0.3, -0.25) is 9.69 Å². The Morgan fingerprint density at radius 3 is 2.33 bits per heavy atom. The number of hydrogen-bond acceptors (Lipinski definition) is 6. The highest BCUT2D eigenvalue weighted by molar-refractivity contribution is 6.02. The van der Waals surface area contributed by atoms with Crippen LogP contribution in [0.3, 0.4) is 0 Å². The van der Waals surface area contributed by atoms with E-state index in [-0.39, 0.29) is 5.91 Å². The van der Waals surface area contributed by atoms with Crippen molar-refractivity contribution in [1.29, 1.82) is 0 Å². The van der Waals surface area contributed by atoms with Crippen molar-refractivity contribution in [3.05, 3.63) is 59.2 Å². The maximum absolute atomic E-state index is 12.5. The largest absolute Gasteiger partial charge is 0.493 e. The zero-order valence-electron chi connectivity index (χ0n) is 17.8. The van der Waals surface area contributed by atoms with Gasteiger partial charge < -0.3 is 14.2 Å². The van der Waals surface area contributed by atoms with Gasteiger partial charge in [-0.05, 0) is 42.3 Å². The quantitative estimate of drug-likeness (QED) is 0.534. The fraction of sp³-hybridized carbons (Fsp3) is 0.391. The number of methoxy groups -OCH3 is 2. The van der Waals surface area contributed by atoms with Crippen molar-refractivity contribution >= 4 is 11.6 Å². The van der Waals surface area contributed by atoms with Crippen molar-refractivity contribution in [1.82, 2.24) is 10.3 Å². The highest BCUT2D eigenvalue weighted by atomic mass is 16.5. The summed E-state index contributed by atoms with van der Waals surface area (Å²) >= 11 is 0. The van der Waals surface area contributed by atoms with Crippen LogP contribution in [-0.2, 0) is 11.3 Å². The zero-order chi connectivity index (χ0) is 21.3. The van der Waals surface area contributed by atoms with Gasteiger partial charge >= 0.3 is 0 Å². The molecule has 0 bridgehead atoms. The Balaban J connectivity index is 1.64. The molecule has 0 unspecified atom stereocenters. The fourth-order valence-electron chi connectivity index (χ4n) is 3.33. The third-order valence-electron chi connectivity index (χ3n) is 5.07. The summed E-state index contributed by atoms with van der Waals surface area (Å²) in [6.07, 6.45) is 0.661. The minimum absolute atomic E-state index is 0.237. The van der Waals surface area contributed by atoms with Crippen LogP contribution in [0.25, 0.3) is 0 Å². The molecule has 1 amide bonds. The number of rotatable bonds is 8. The molecule has 0 aliphatic carbocycles. The Bertz CT molecular complexity index is 875. The number of morpholine rings is 1. The molecule has 0 radical (unpaired) electrons. The van der Waals surface area contributed by atoms with Gasteiger partial charge in [-0.1, -0.05) is 19.1 Å². The number of amides is 1. The second-order valence-electron chi connectivity index (χ2n) is 7.01. The van der Waals surface area contributed by atoms with Gasteiger partial charge in [0.25, 0.3) is 5.91 Å². The highest BCUT2D eigenvalue weighted by Crippen LogP contribution is 2.28. The summed E-state index contributed by atoms with van der Waals surface area (Å²) in [7, 11) is 3.19. The van der Waals surface area contributed by atoms with Gasteiger partial charge in [0, 0.05) is 30.8 Å². The lowest BCUT2D eigenvalue weighted by Crippen LogP contribution is -2.35. The summed E-state index contributed by atoms with van der Waals surface area (Å²) < 4.78 is 16.0. The molecule has 0 spiro atoms. The molecule has 3 rings (SSSR count). The highest BCUT2D eigenvalue weighted by Gasteiger charge is 2.12. The topological polar surface area (TPSA) is 72.4 Å². The van der Waals surface area contributed by atoms with Crippen LogP contribution in [0.15, 0.2) is 47.6 Å².